The molecular weight excluding hydrogens is 242 g/mol. The van der Waals surface area contributed by atoms with Gasteiger partial charge in [0.05, 0.1) is 10.7 Å². The smallest absolute Gasteiger partial charge is 0.278 e. The van der Waals surface area contributed by atoms with Crippen LogP contribution in [0.1, 0.15) is 16.2 Å². The van der Waals surface area contributed by atoms with Crippen molar-refractivity contribution in [2.75, 3.05) is 5.32 Å². The third-order valence-electron chi connectivity index (χ3n) is 2.43. The number of hydrogen-bond donors (Lipinski definition) is 1. The number of rotatable bonds is 2. The summed E-state index contributed by atoms with van der Waals surface area (Å²) in [5, 5.41) is 11.1. The summed E-state index contributed by atoms with van der Waals surface area (Å²) in [5.74, 6) is 0.106. The molecule has 0 unspecified atom stereocenters. The van der Waals surface area contributed by atoms with Crippen LogP contribution in [0.15, 0.2) is 12.3 Å². The van der Waals surface area contributed by atoms with Crippen LogP contribution in [-0.2, 0) is 14.1 Å². The maximum atomic E-state index is 11.9. The van der Waals surface area contributed by atoms with Crippen molar-refractivity contribution < 1.29 is 4.79 Å². The van der Waals surface area contributed by atoms with Crippen molar-refractivity contribution in [3.63, 3.8) is 0 Å². The SMILES string of the molecule is Cc1c(Cl)c(C(=O)Nc2ccn(C)n2)nn1C. The van der Waals surface area contributed by atoms with Crippen molar-refractivity contribution in [2.45, 2.75) is 6.92 Å². The van der Waals surface area contributed by atoms with Crippen LogP contribution < -0.4 is 5.32 Å². The molecule has 2 aromatic rings. The molecule has 0 aliphatic heterocycles. The summed E-state index contributed by atoms with van der Waals surface area (Å²) < 4.78 is 3.16. The maximum absolute atomic E-state index is 11.9. The second-order valence-electron chi connectivity index (χ2n) is 3.70. The maximum Gasteiger partial charge on any atom is 0.278 e. The van der Waals surface area contributed by atoms with Crippen LogP contribution in [0.3, 0.4) is 0 Å². The van der Waals surface area contributed by atoms with Crippen molar-refractivity contribution in [1.29, 1.82) is 0 Å². The second-order valence-corrected chi connectivity index (χ2v) is 4.08. The molecule has 0 saturated carbocycles. The summed E-state index contributed by atoms with van der Waals surface area (Å²) in [7, 11) is 3.51. The predicted molar refractivity (Wildman–Crippen MR) is 64.1 cm³/mol. The second kappa shape index (κ2) is 4.21. The highest BCUT2D eigenvalue weighted by Gasteiger charge is 2.18. The summed E-state index contributed by atoms with van der Waals surface area (Å²) in [6.07, 6.45) is 1.74. The molecule has 17 heavy (non-hydrogen) atoms. The molecule has 0 saturated heterocycles. The van der Waals surface area contributed by atoms with Crippen molar-refractivity contribution >= 4 is 23.3 Å². The van der Waals surface area contributed by atoms with Crippen LogP contribution in [-0.4, -0.2) is 25.5 Å². The standard InChI is InChI=1S/C10H12ClN5O/c1-6-8(11)9(14-16(6)3)10(17)12-7-4-5-15(2)13-7/h4-5H,1-3H3,(H,12,13,17). The third kappa shape index (κ3) is 2.16. The van der Waals surface area contributed by atoms with Gasteiger partial charge in [-0.15, -0.1) is 0 Å². The van der Waals surface area contributed by atoms with Gasteiger partial charge in [0.25, 0.3) is 5.91 Å². The number of nitrogens with zero attached hydrogens (tertiary/aromatic N) is 4. The van der Waals surface area contributed by atoms with Gasteiger partial charge in [0.15, 0.2) is 11.5 Å². The Morgan fingerprint density at radius 2 is 2.12 bits per heavy atom. The molecule has 1 amide bonds. The Bertz CT molecular complexity index is 571. The number of hydrogen-bond acceptors (Lipinski definition) is 3. The molecule has 0 spiro atoms. The molecule has 0 aliphatic carbocycles. The van der Waals surface area contributed by atoms with Crippen LogP contribution in [0.2, 0.25) is 5.02 Å². The Kier molecular flexibility index (Phi) is 2.89. The lowest BCUT2D eigenvalue weighted by Crippen LogP contribution is -2.14. The van der Waals surface area contributed by atoms with Gasteiger partial charge in [0.2, 0.25) is 0 Å². The molecule has 1 N–H and O–H groups in total. The number of anilines is 1. The average Bonchev–Trinajstić information content (AvgIpc) is 2.78. The number of carbonyl (C=O) groups excluding carboxylic acids is 1. The number of nitrogens with one attached hydrogen (secondary N) is 1. The quantitative estimate of drug-likeness (QED) is 0.879. The van der Waals surface area contributed by atoms with E-state index >= 15 is 0 Å². The number of halogens is 1. The lowest BCUT2D eigenvalue weighted by atomic mass is 10.3. The van der Waals surface area contributed by atoms with Crippen LogP contribution in [0, 0.1) is 6.92 Å². The molecule has 2 aromatic heterocycles. The molecular formula is C10H12ClN5O. The van der Waals surface area contributed by atoms with Crippen LogP contribution in [0.5, 0.6) is 0 Å². The van der Waals surface area contributed by atoms with Crippen molar-refractivity contribution in [1.82, 2.24) is 19.6 Å². The van der Waals surface area contributed by atoms with Crippen molar-refractivity contribution in [3.8, 4) is 0 Å². The molecule has 0 aliphatic rings. The highest BCUT2D eigenvalue weighted by atomic mass is 35.5. The first kappa shape index (κ1) is 11.7. The average molecular weight is 254 g/mol. The molecule has 6 nitrogen and oxygen atoms in total. The van der Waals surface area contributed by atoms with Crippen molar-refractivity contribution in [2.24, 2.45) is 14.1 Å². The Balaban J connectivity index is 2.23. The summed E-state index contributed by atoms with van der Waals surface area (Å²) in [6, 6.07) is 1.70. The largest absolute Gasteiger partial charge is 0.304 e. The number of carbonyl (C=O) groups is 1. The molecule has 0 radical (unpaired) electrons. The van der Waals surface area contributed by atoms with E-state index in [1.165, 1.54) is 0 Å². The third-order valence-corrected chi connectivity index (χ3v) is 2.88. The topological polar surface area (TPSA) is 64.7 Å². The van der Waals surface area contributed by atoms with E-state index in [2.05, 4.69) is 15.5 Å². The molecule has 2 rings (SSSR count). The van der Waals surface area contributed by atoms with Crippen molar-refractivity contribution in [3.05, 3.63) is 28.7 Å². The molecule has 0 bridgehead atoms. The van der Waals surface area contributed by atoms with E-state index in [4.69, 9.17) is 11.6 Å². The van der Waals surface area contributed by atoms with Gasteiger partial charge in [0, 0.05) is 26.4 Å². The molecule has 7 heteroatoms. The van der Waals surface area contributed by atoms with Crippen LogP contribution in [0.25, 0.3) is 0 Å². The van der Waals surface area contributed by atoms with E-state index in [0.29, 0.717) is 10.8 Å². The van der Waals surface area contributed by atoms with E-state index in [-0.39, 0.29) is 11.6 Å². The van der Waals surface area contributed by atoms with Crippen LogP contribution in [0.4, 0.5) is 5.82 Å². The molecule has 0 fully saturated rings. The first-order chi connectivity index (χ1) is 7.99. The number of aromatic nitrogens is 4. The summed E-state index contributed by atoms with van der Waals surface area (Å²) in [4.78, 5) is 11.9. The van der Waals surface area contributed by atoms with E-state index in [1.807, 2.05) is 0 Å². The van der Waals surface area contributed by atoms with Gasteiger partial charge < -0.3 is 5.32 Å². The normalized spacial score (nSPS) is 10.6. The lowest BCUT2D eigenvalue weighted by Gasteiger charge is -1.98. The Hall–Kier alpha value is -1.82. The number of aryl methyl sites for hydroxylation is 2. The van der Waals surface area contributed by atoms with Crippen LogP contribution >= 0.6 is 11.6 Å². The highest BCUT2D eigenvalue weighted by Crippen LogP contribution is 2.19. The molecule has 0 atom stereocenters. The molecule has 0 aromatic carbocycles. The molecule has 2 heterocycles. The zero-order valence-corrected chi connectivity index (χ0v) is 10.5. The zero-order valence-electron chi connectivity index (χ0n) is 9.73. The fourth-order valence-electron chi connectivity index (χ4n) is 1.38. The highest BCUT2D eigenvalue weighted by molar-refractivity contribution is 6.34. The number of amides is 1. The Labute approximate surface area is 103 Å². The first-order valence-electron chi connectivity index (χ1n) is 4.99. The lowest BCUT2D eigenvalue weighted by molar-refractivity contribution is 0.102. The zero-order chi connectivity index (χ0) is 12.6. The molecule has 90 valence electrons. The van der Waals surface area contributed by atoms with E-state index in [1.54, 1.807) is 42.6 Å². The van der Waals surface area contributed by atoms with Gasteiger partial charge in [-0.3, -0.25) is 14.2 Å². The van der Waals surface area contributed by atoms with E-state index in [9.17, 15) is 4.79 Å². The van der Waals surface area contributed by atoms with Gasteiger partial charge in [-0.05, 0) is 6.92 Å². The minimum Gasteiger partial charge on any atom is -0.304 e. The summed E-state index contributed by atoms with van der Waals surface area (Å²) in [6.45, 7) is 1.80. The van der Waals surface area contributed by atoms with E-state index in [0.717, 1.165) is 5.69 Å². The fraction of sp³-hybridized carbons (Fsp3) is 0.300. The van der Waals surface area contributed by atoms with Gasteiger partial charge in [-0.1, -0.05) is 11.6 Å². The minimum absolute atomic E-state index is 0.206. The summed E-state index contributed by atoms with van der Waals surface area (Å²) in [5.41, 5.74) is 0.954. The fourth-order valence-corrected chi connectivity index (χ4v) is 1.63. The Morgan fingerprint density at radius 1 is 1.41 bits per heavy atom. The van der Waals surface area contributed by atoms with Gasteiger partial charge in [0.1, 0.15) is 0 Å². The van der Waals surface area contributed by atoms with Gasteiger partial charge >= 0.3 is 0 Å². The van der Waals surface area contributed by atoms with E-state index < -0.39 is 0 Å². The summed E-state index contributed by atoms with van der Waals surface area (Å²) >= 11 is 6.01. The first-order valence-corrected chi connectivity index (χ1v) is 5.37. The van der Waals surface area contributed by atoms with Gasteiger partial charge in [-0.25, -0.2) is 0 Å². The predicted octanol–water partition coefficient (Wildman–Crippen LogP) is 1.37. The minimum atomic E-state index is -0.364. The van der Waals surface area contributed by atoms with Gasteiger partial charge in [-0.2, -0.15) is 10.2 Å². The monoisotopic (exact) mass is 253 g/mol. The Morgan fingerprint density at radius 3 is 2.59 bits per heavy atom.